The Morgan fingerprint density at radius 3 is 2.54 bits per heavy atom. The number of rotatable bonds is 6. The number of nitro benzene ring substituents is 1. The molecule has 1 aromatic heterocycles. The van der Waals surface area contributed by atoms with Crippen molar-refractivity contribution in [3.05, 3.63) is 75.9 Å². The number of halogens is 1. The molecule has 8 nitrogen and oxygen atoms in total. The van der Waals surface area contributed by atoms with Gasteiger partial charge in [0.25, 0.3) is 5.69 Å². The molecule has 9 heteroatoms. The van der Waals surface area contributed by atoms with E-state index < -0.39 is 10.9 Å². The zero-order valence-corrected chi connectivity index (χ0v) is 15.1. The summed E-state index contributed by atoms with van der Waals surface area (Å²) in [6.45, 7) is 1.84. The normalized spacial score (nSPS) is 10.5. The van der Waals surface area contributed by atoms with Gasteiger partial charge in [0.2, 0.25) is 0 Å². The smallest absolute Gasteiger partial charge is 0.347 e. The van der Waals surface area contributed by atoms with E-state index in [0.29, 0.717) is 17.8 Å². The van der Waals surface area contributed by atoms with Crippen LogP contribution in [0.25, 0.3) is 5.69 Å². The van der Waals surface area contributed by atoms with Crippen molar-refractivity contribution in [3.63, 3.8) is 0 Å². The highest BCUT2D eigenvalue weighted by molar-refractivity contribution is 5.92. The first kappa shape index (κ1) is 19.0. The molecule has 1 heterocycles. The number of hydrogen-bond acceptors (Lipinski definition) is 6. The minimum Gasteiger partial charge on any atom is -0.493 e. The third-order valence-electron chi connectivity index (χ3n) is 4.06. The minimum absolute atomic E-state index is 0.0710. The number of nitro groups is 1. The second-order valence-electron chi connectivity index (χ2n) is 5.73. The predicted molar refractivity (Wildman–Crippen MR) is 97.5 cm³/mol. The van der Waals surface area contributed by atoms with Crippen LogP contribution in [0.15, 0.2) is 48.7 Å². The molecule has 0 amide bonds. The lowest BCUT2D eigenvalue weighted by molar-refractivity contribution is -0.384. The van der Waals surface area contributed by atoms with E-state index in [1.807, 2.05) is 6.92 Å². The Morgan fingerprint density at radius 2 is 1.93 bits per heavy atom. The number of ether oxygens (including phenoxy) is 2. The Bertz CT molecular complexity index is 1030. The van der Waals surface area contributed by atoms with Gasteiger partial charge in [0.05, 0.1) is 35.7 Å². The first-order valence-electron chi connectivity index (χ1n) is 8.32. The summed E-state index contributed by atoms with van der Waals surface area (Å²) in [7, 11) is 1.36. The van der Waals surface area contributed by atoms with Crippen LogP contribution in [-0.2, 0) is 6.42 Å². The fraction of sp³-hybridized carbons (Fsp3) is 0.158. The maximum Gasteiger partial charge on any atom is 0.347 e. The summed E-state index contributed by atoms with van der Waals surface area (Å²) < 4.78 is 25.1. The number of carbonyl (C=O) groups is 1. The zero-order valence-electron chi connectivity index (χ0n) is 15.1. The molecule has 0 saturated heterocycles. The van der Waals surface area contributed by atoms with Gasteiger partial charge >= 0.3 is 5.97 Å². The van der Waals surface area contributed by atoms with Gasteiger partial charge in [-0.05, 0) is 36.8 Å². The molecule has 0 fully saturated rings. The van der Waals surface area contributed by atoms with Crippen molar-refractivity contribution in [2.24, 2.45) is 0 Å². The van der Waals surface area contributed by atoms with Gasteiger partial charge < -0.3 is 9.47 Å². The summed E-state index contributed by atoms with van der Waals surface area (Å²) in [5.41, 5.74) is 1.10. The number of nitrogens with zero attached hydrogens (tertiary/aromatic N) is 3. The lowest BCUT2D eigenvalue weighted by atomic mass is 10.2. The van der Waals surface area contributed by atoms with Gasteiger partial charge in [-0.25, -0.2) is 13.9 Å². The SMILES string of the molecule is CCc1c(C(=O)Oc2cc([N+](=O)[O-])ccc2OC)cnn1-c1ccc(F)cc1. The summed E-state index contributed by atoms with van der Waals surface area (Å²) >= 11 is 0. The van der Waals surface area contributed by atoms with Gasteiger partial charge in [0.15, 0.2) is 11.5 Å². The van der Waals surface area contributed by atoms with Gasteiger partial charge in [-0.1, -0.05) is 6.92 Å². The molecule has 0 bridgehead atoms. The van der Waals surface area contributed by atoms with E-state index >= 15 is 0 Å². The Labute approximate surface area is 159 Å². The van der Waals surface area contributed by atoms with Crippen molar-refractivity contribution in [1.29, 1.82) is 0 Å². The molecule has 0 saturated carbocycles. The first-order chi connectivity index (χ1) is 13.4. The number of methoxy groups -OCH3 is 1. The fourth-order valence-electron chi connectivity index (χ4n) is 2.70. The highest BCUT2D eigenvalue weighted by atomic mass is 19.1. The predicted octanol–water partition coefficient (Wildman–Crippen LogP) is 3.71. The third kappa shape index (κ3) is 3.68. The average Bonchev–Trinajstić information content (AvgIpc) is 3.12. The van der Waals surface area contributed by atoms with E-state index in [4.69, 9.17) is 9.47 Å². The molecule has 0 aliphatic carbocycles. The molecule has 2 aromatic carbocycles. The molecule has 0 aliphatic heterocycles. The van der Waals surface area contributed by atoms with Crippen molar-refractivity contribution in [1.82, 2.24) is 9.78 Å². The summed E-state index contributed by atoms with van der Waals surface area (Å²) in [4.78, 5) is 23.1. The van der Waals surface area contributed by atoms with E-state index in [1.54, 1.807) is 12.1 Å². The first-order valence-corrected chi connectivity index (χ1v) is 8.32. The van der Waals surface area contributed by atoms with E-state index in [9.17, 15) is 19.3 Å². The highest BCUT2D eigenvalue weighted by Crippen LogP contribution is 2.32. The van der Waals surface area contributed by atoms with Crippen LogP contribution in [0.3, 0.4) is 0 Å². The van der Waals surface area contributed by atoms with E-state index in [2.05, 4.69) is 5.10 Å². The Balaban J connectivity index is 1.95. The molecule has 144 valence electrons. The van der Waals surface area contributed by atoms with Crippen LogP contribution in [0.5, 0.6) is 11.5 Å². The summed E-state index contributed by atoms with van der Waals surface area (Å²) in [6, 6.07) is 9.39. The van der Waals surface area contributed by atoms with E-state index in [-0.39, 0.29) is 28.6 Å². The summed E-state index contributed by atoms with van der Waals surface area (Å²) in [5.74, 6) is -1.00. The average molecular weight is 385 g/mol. The molecule has 28 heavy (non-hydrogen) atoms. The quantitative estimate of drug-likeness (QED) is 0.278. The molecule has 3 aromatic rings. The minimum atomic E-state index is -0.732. The number of esters is 1. The van der Waals surface area contributed by atoms with Crippen molar-refractivity contribution in [2.45, 2.75) is 13.3 Å². The number of non-ortho nitro benzene ring substituents is 1. The van der Waals surface area contributed by atoms with Crippen LogP contribution in [-0.4, -0.2) is 27.8 Å². The molecular formula is C19H16FN3O5. The second kappa shape index (κ2) is 7.87. The monoisotopic (exact) mass is 385 g/mol. The molecule has 0 atom stereocenters. The van der Waals surface area contributed by atoms with Gasteiger partial charge in [0.1, 0.15) is 11.4 Å². The van der Waals surface area contributed by atoms with Gasteiger partial charge in [-0.15, -0.1) is 0 Å². The highest BCUT2D eigenvalue weighted by Gasteiger charge is 2.22. The van der Waals surface area contributed by atoms with Crippen LogP contribution in [0, 0.1) is 15.9 Å². The van der Waals surface area contributed by atoms with Gasteiger partial charge in [-0.2, -0.15) is 5.10 Å². The second-order valence-corrected chi connectivity index (χ2v) is 5.73. The Kier molecular flexibility index (Phi) is 5.35. The number of hydrogen-bond donors (Lipinski definition) is 0. The summed E-state index contributed by atoms with van der Waals surface area (Å²) in [6.07, 6.45) is 1.79. The van der Waals surface area contributed by atoms with Crippen LogP contribution < -0.4 is 9.47 Å². The maximum atomic E-state index is 13.2. The van der Waals surface area contributed by atoms with Crippen LogP contribution >= 0.6 is 0 Å². The molecular weight excluding hydrogens is 369 g/mol. The molecule has 0 N–H and O–H groups in total. The standard InChI is InChI=1S/C19H16FN3O5/c1-3-16-15(11-21-22(16)13-6-4-12(20)5-7-13)19(24)28-18-10-14(23(25)26)8-9-17(18)27-2/h4-11H,3H2,1-2H3. The molecule has 0 aliphatic rings. The van der Waals surface area contributed by atoms with Crippen molar-refractivity contribution >= 4 is 11.7 Å². The van der Waals surface area contributed by atoms with Crippen molar-refractivity contribution in [3.8, 4) is 17.2 Å². The van der Waals surface area contributed by atoms with Crippen molar-refractivity contribution < 1.29 is 23.6 Å². The fourth-order valence-corrected chi connectivity index (χ4v) is 2.70. The number of benzene rings is 2. The molecule has 3 rings (SSSR count). The van der Waals surface area contributed by atoms with E-state index in [1.165, 1.54) is 42.3 Å². The molecule has 0 spiro atoms. The largest absolute Gasteiger partial charge is 0.493 e. The number of aromatic nitrogens is 2. The molecule has 0 radical (unpaired) electrons. The summed E-state index contributed by atoms with van der Waals surface area (Å²) in [5, 5.41) is 15.2. The van der Waals surface area contributed by atoms with E-state index in [0.717, 1.165) is 6.07 Å². The van der Waals surface area contributed by atoms with Crippen LogP contribution in [0.2, 0.25) is 0 Å². The van der Waals surface area contributed by atoms with Gasteiger partial charge in [0, 0.05) is 6.07 Å². The van der Waals surface area contributed by atoms with Crippen LogP contribution in [0.4, 0.5) is 10.1 Å². The lowest BCUT2D eigenvalue weighted by Gasteiger charge is -2.10. The van der Waals surface area contributed by atoms with Crippen LogP contribution in [0.1, 0.15) is 23.0 Å². The Hall–Kier alpha value is -3.75. The Morgan fingerprint density at radius 1 is 1.21 bits per heavy atom. The maximum absolute atomic E-state index is 13.2. The third-order valence-corrected chi connectivity index (χ3v) is 4.06. The molecule has 0 unspecified atom stereocenters. The topological polar surface area (TPSA) is 96.5 Å². The van der Waals surface area contributed by atoms with Gasteiger partial charge in [-0.3, -0.25) is 10.1 Å². The van der Waals surface area contributed by atoms with Crippen molar-refractivity contribution in [2.75, 3.05) is 7.11 Å². The number of carbonyl (C=O) groups excluding carboxylic acids is 1. The lowest BCUT2D eigenvalue weighted by Crippen LogP contribution is -2.12. The zero-order chi connectivity index (χ0) is 20.3.